The second kappa shape index (κ2) is 6.77. The molecule has 0 radical (unpaired) electrons. The molecule has 0 N–H and O–H groups in total. The fourth-order valence-corrected chi connectivity index (χ4v) is 4.69. The number of hydrogen-bond acceptors (Lipinski definition) is 6. The minimum atomic E-state index is -2.94. The van der Waals surface area contributed by atoms with Gasteiger partial charge in [-0.25, -0.2) is 14.3 Å². The summed E-state index contributed by atoms with van der Waals surface area (Å²) in [5.41, 5.74) is 0.477. The third kappa shape index (κ3) is 3.61. The van der Waals surface area contributed by atoms with Crippen molar-refractivity contribution in [3.8, 4) is 11.6 Å². The van der Waals surface area contributed by atoms with Crippen molar-refractivity contribution >= 4 is 13.4 Å². The first-order valence-corrected chi connectivity index (χ1v) is 9.71. The molecule has 0 spiro atoms. The zero-order valence-corrected chi connectivity index (χ0v) is 14.7. The Labute approximate surface area is 149 Å². The number of nitro groups is 1. The first-order chi connectivity index (χ1) is 12.6. The molecule has 0 unspecified atom stereocenters. The Hall–Kier alpha value is -2.32. The Balaban J connectivity index is 1.54. The van der Waals surface area contributed by atoms with Crippen LogP contribution in [-0.2, 0) is 15.7 Å². The summed E-state index contributed by atoms with van der Waals surface area (Å²) in [6.07, 6.45) is 1.54. The van der Waals surface area contributed by atoms with Crippen molar-refractivity contribution in [2.24, 2.45) is 0 Å². The van der Waals surface area contributed by atoms with Crippen molar-refractivity contribution in [1.82, 2.24) is 14.3 Å². The molecule has 26 heavy (non-hydrogen) atoms. The monoisotopic (exact) mass is 376 g/mol. The zero-order chi connectivity index (χ0) is 18.1. The van der Waals surface area contributed by atoms with Crippen LogP contribution in [0.3, 0.4) is 0 Å². The van der Waals surface area contributed by atoms with E-state index in [1.54, 1.807) is 30.5 Å². The number of pyridine rings is 1. The summed E-state index contributed by atoms with van der Waals surface area (Å²) in [5, 5.41) is 11.3. The van der Waals surface area contributed by atoms with Gasteiger partial charge < -0.3 is 9.26 Å². The predicted octanol–water partition coefficient (Wildman–Crippen LogP) is 3.04. The molecule has 2 saturated heterocycles. The molecule has 136 valence electrons. The van der Waals surface area contributed by atoms with Gasteiger partial charge in [-0.05, 0) is 23.8 Å². The average molecular weight is 376 g/mol. The Morgan fingerprint density at radius 1 is 1.15 bits per heavy atom. The lowest BCUT2D eigenvalue weighted by Gasteiger charge is -2.19. The van der Waals surface area contributed by atoms with Gasteiger partial charge in [0.25, 0.3) is 0 Å². The van der Waals surface area contributed by atoms with Crippen molar-refractivity contribution < 1.29 is 18.7 Å². The quantitative estimate of drug-likeness (QED) is 0.300. The second-order valence-corrected chi connectivity index (χ2v) is 8.37. The predicted molar refractivity (Wildman–Crippen MR) is 92.9 cm³/mol. The van der Waals surface area contributed by atoms with E-state index in [0.29, 0.717) is 5.56 Å². The molecular formula is C16H17N4O5P. The molecule has 3 heterocycles. The molecule has 0 amide bonds. The molecule has 2 aliphatic rings. The molecule has 0 aliphatic carbocycles. The van der Waals surface area contributed by atoms with Gasteiger partial charge in [0.15, 0.2) is 0 Å². The smallest absolute Gasteiger partial charge is 0.346 e. The summed E-state index contributed by atoms with van der Waals surface area (Å²) in [6.45, 7) is 3.15. The molecule has 10 heteroatoms. The van der Waals surface area contributed by atoms with E-state index in [1.165, 1.54) is 12.1 Å². The highest BCUT2D eigenvalue weighted by atomic mass is 31.2. The van der Waals surface area contributed by atoms with Gasteiger partial charge in [-0.1, -0.05) is 6.07 Å². The van der Waals surface area contributed by atoms with Crippen LogP contribution in [0.1, 0.15) is 5.56 Å². The lowest BCUT2D eigenvalue weighted by molar-refractivity contribution is -0.385. The molecule has 1 aromatic carbocycles. The largest absolute Gasteiger partial charge is 0.432 e. The van der Waals surface area contributed by atoms with Gasteiger partial charge in [-0.3, -0.25) is 14.7 Å². The topological polar surface area (TPSA) is 97.6 Å². The Kier molecular flexibility index (Phi) is 4.46. The Morgan fingerprint density at radius 2 is 1.88 bits per heavy atom. The number of rotatable bonds is 8. The van der Waals surface area contributed by atoms with Crippen LogP contribution >= 0.6 is 7.67 Å². The molecule has 4 rings (SSSR count). The van der Waals surface area contributed by atoms with E-state index in [2.05, 4.69) is 4.98 Å². The maximum Gasteiger partial charge on any atom is 0.346 e. The number of benzene rings is 1. The van der Waals surface area contributed by atoms with E-state index in [1.807, 2.05) is 9.34 Å². The number of aromatic nitrogens is 1. The maximum atomic E-state index is 12.9. The standard InChI is InChI=1S/C16H17N4O5P/c21-20(22)14-5-4-13(11-15(14)25-16-3-1-2-6-17-16)12-24-26(23,18-7-8-18)19-9-10-19/h1-6,11H,7-10,12H2. The third-order valence-electron chi connectivity index (χ3n) is 4.03. The van der Waals surface area contributed by atoms with Gasteiger partial charge >= 0.3 is 13.4 Å². The summed E-state index contributed by atoms with van der Waals surface area (Å²) in [5.74, 6) is 0.329. The van der Waals surface area contributed by atoms with E-state index in [-0.39, 0.29) is 23.9 Å². The number of nitrogens with zero attached hydrogens (tertiary/aromatic N) is 4. The second-order valence-electron chi connectivity index (χ2n) is 6.00. The van der Waals surface area contributed by atoms with E-state index in [9.17, 15) is 14.7 Å². The van der Waals surface area contributed by atoms with E-state index >= 15 is 0 Å². The minimum absolute atomic E-state index is 0.0723. The number of hydrogen-bond donors (Lipinski definition) is 0. The van der Waals surface area contributed by atoms with Gasteiger partial charge in [0.05, 0.1) is 11.5 Å². The lowest BCUT2D eigenvalue weighted by Crippen LogP contribution is -2.08. The van der Waals surface area contributed by atoms with Crippen LogP contribution in [0.5, 0.6) is 11.6 Å². The third-order valence-corrected chi connectivity index (χ3v) is 6.73. The van der Waals surface area contributed by atoms with Gasteiger partial charge in [0.1, 0.15) is 0 Å². The highest BCUT2D eigenvalue weighted by molar-refractivity contribution is 7.54. The van der Waals surface area contributed by atoms with Crippen LogP contribution in [0.2, 0.25) is 0 Å². The molecule has 1 aromatic heterocycles. The SMILES string of the molecule is O=[N+]([O-])c1ccc(COP(=O)(N2CC2)N2CC2)cc1Oc1ccccn1. The molecule has 2 aliphatic heterocycles. The molecule has 2 fully saturated rings. The summed E-state index contributed by atoms with van der Waals surface area (Å²) < 4.78 is 27.9. The highest BCUT2D eigenvalue weighted by Crippen LogP contribution is 2.61. The van der Waals surface area contributed by atoms with Crippen LogP contribution in [0, 0.1) is 10.1 Å². The van der Waals surface area contributed by atoms with Crippen LogP contribution in [0.4, 0.5) is 5.69 Å². The molecule has 2 aromatic rings. The van der Waals surface area contributed by atoms with E-state index < -0.39 is 12.6 Å². The van der Waals surface area contributed by atoms with Gasteiger partial charge in [0, 0.05) is 44.5 Å². The lowest BCUT2D eigenvalue weighted by atomic mass is 10.2. The van der Waals surface area contributed by atoms with Crippen molar-refractivity contribution in [2.75, 3.05) is 26.2 Å². The molecule has 9 nitrogen and oxygen atoms in total. The maximum absolute atomic E-state index is 12.9. The number of ether oxygens (including phenoxy) is 1. The fourth-order valence-electron chi connectivity index (χ4n) is 2.50. The van der Waals surface area contributed by atoms with Crippen LogP contribution in [0.15, 0.2) is 42.6 Å². The van der Waals surface area contributed by atoms with Gasteiger partial charge in [0.2, 0.25) is 11.6 Å². The fraction of sp³-hybridized carbons (Fsp3) is 0.312. The van der Waals surface area contributed by atoms with Crippen molar-refractivity contribution in [2.45, 2.75) is 6.61 Å². The van der Waals surface area contributed by atoms with E-state index in [4.69, 9.17) is 9.26 Å². The van der Waals surface area contributed by atoms with Crippen LogP contribution < -0.4 is 4.74 Å². The Bertz CT molecular complexity index is 854. The van der Waals surface area contributed by atoms with Crippen molar-refractivity contribution in [3.05, 3.63) is 58.3 Å². The molecule has 0 atom stereocenters. The van der Waals surface area contributed by atoms with Crippen molar-refractivity contribution in [1.29, 1.82) is 0 Å². The summed E-state index contributed by atoms with van der Waals surface area (Å²) in [4.78, 5) is 14.8. The Morgan fingerprint density at radius 3 is 2.46 bits per heavy atom. The van der Waals surface area contributed by atoms with Crippen LogP contribution in [-0.4, -0.2) is 45.4 Å². The van der Waals surface area contributed by atoms with Crippen molar-refractivity contribution in [3.63, 3.8) is 0 Å². The van der Waals surface area contributed by atoms with E-state index in [0.717, 1.165) is 26.2 Å². The van der Waals surface area contributed by atoms with Crippen LogP contribution in [0.25, 0.3) is 0 Å². The minimum Gasteiger partial charge on any atom is -0.432 e. The molecule has 0 saturated carbocycles. The normalized spacial score (nSPS) is 17.1. The summed E-state index contributed by atoms with van der Waals surface area (Å²) in [6, 6.07) is 9.54. The number of nitro benzene ring substituents is 1. The average Bonchev–Trinajstić information content (AvgIpc) is 3.52. The first-order valence-electron chi connectivity index (χ1n) is 8.18. The molecular weight excluding hydrogens is 359 g/mol. The molecule has 0 bridgehead atoms. The zero-order valence-electron chi connectivity index (χ0n) is 13.9. The van der Waals surface area contributed by atoms with Gasteiger partial charge in [-0.15, -0.1) is 0 Å². The summed E-state index contributed by atoms with van der Waals surface area (Å²) >= 11 is 0. The summed E-state index contributed by atoms with van der Waals surface area (Å²) in [7, 11) is -2.94. The first kappa shape index (κ1) is 17.1. The highest BCUT2D eigenvalue weighted by Gasteiger charge is 2.49. The van der Waals surface area contributed by atoms with Gasteiger partial charge in [-0.2, -0.15) is 0 Å².